The van der Waals surface area contributed by atoms with Crippen molar-refractivity contribution in [2.75, 3.05) is 11.1 Å². The van der Waals surface area contributed by atoms with Gasteiger partial charge in [-0.1, -0.05) is 48.2 Å². The lowest BCUT2D eigenvalue weighted by Gasteiger charge is -2.06. The molecule has 3 rings (SSSR count). The molecule has 1 heterocycles. The van der Waals surface area contributed by atoms with E-state index in [0.29, 0.717) is 16.4 Å². The number of thioether (sulfide) groups is 1. The Labute approximate surface area is 148 Å². The van der Waals surface area contributed by atoms with Gasteiger partial charge in [0.25, 0.3) is 5.91 Å². The van der Waals surface area contributed by atoms with Crippen molar-refractivity contribution in [2.45, 2.75) is 11.3 Å². The Balaban J connectivity index is 1.63. The first-order chi connectivity index (χ1) is 11.7. The molecule has 0 saturated carbocycles. The second-order valence-corrected chi connectivity index (χ2v) is 7.19. The number of para-hydroxylation sites is 1. The van der Waals surface area contributed by atoms with Crippen molar-refractivity contribution in [3.63, 3.8) is 0 Å². The highest BCUT2D eigenvalue weighted by Gasteiger charge is 2.10. The minimum absolute atomic E-state index is 0.217. The molecule has 2 aromatic carbocycles. The van der Waals surface area contributed by atoms with Gasteiger partial charge in [-0.15, -0.1) is 10.2 Å². The maximum absolute atomic E-state index is 12.2. The molecular formula is C17H15N3O2S2. The smallest absolute Gasteiger partial charge is 0.257 e. The van der Waals surface area contributed by atoms with Gasteiger partial charge in [0.05, 0.1) is 0 Å². The quantitative estimate of drug-likeness (QED) is 0.512. The molecule has 0 aliphatic rings. The van der Waals surface area contributed by atoms with Crippen molar-refractivity contribution in [1.82, 2.24) is 10.2 Å². The first-order valence-electron chi connectivity index (χ1n) is 7.35. The number of carbonyl (C=O) groups excluding carboxylic acids is 1. The average Bonchev–Trinajstić information content (AvgIpc) is 3.04. The van der Waals surface area contributed by atoms with Gasteiger partial charge >= 0.3 is 0 Å². The molecule has 0 aliphatic heterocycles. The number of hydrogen-bond donors (Lipinski definition) is 1. The first kappa shape index (κ1) is 16.5. The Morgan fingerprint density at radius 1 is 1.08 bits per heavy atom. The molecular weight excluding hydrogens is 342 g/mol. The summed E-state index contributed by atoms with van der Waals surface area (Å²) < 4.78 is 6.55. The Hall–Kier alpha value is -2.38. The number of anilines is 1. The van der Waals surface area contributed by atoms with Crippen molar-refractivity contribution < 1.29 is 9.53 Å². The fraction of sp³-hybridized carbons (Fsp3) is 0.118. The second-order valence-electron chi connectivity index (χ2n) is 4.70. The van der Waals surface area contributed by atoms with E-state index in [4.69, 9.17) is 4.74 Å². The molecule has 122 valence electrons. The number of ether oxygens (including phenoxy) is 1. The molecule has 0 spiro atoms. The predicted octanol–water partition coefficient (Wildman–Crippen LogP) is 4.69. The maximum atomic E-state index is 12.2. The van der Waals surface area contributed by atoms with Crippen LogP contribution in [-0.4, -0.2) is 21.9 Å². The minimum Gasteiger partial charge on any atom is -0.457 e. The van der Waals surface area contributed by atoms with Crippen LogP contribution in [0.25, 0.3) is 0 Å². The van der Waals surface area contributed by atoms with Crippen molar-refractivity contribution >= 4 is 34.1 Å². The number of amides is 1. The van der Waals surface area contributed by atoms with Gasteiger partial charge in [-0.25, -0.2) is 0 Å². The third-order valence-corrected chi connectivity index (χ3v) is 4.84. The molecule has 0 unspecified atom stereocenters. The van der Waals surface area contributed by atoms with Gasteiger partial charge in [0, 0.05) is 5.56 Å². The fourth-order valence-corrected chi connectivity index (χ4v) is 3.55. The van der Waals surface area contributed by atoms with Crippen LogP contribution >= 0.6 is 23.1 Å². The summed E-state index contributed by atoms with van der Waals surface area (Å²) in [6.07, 6.45) is 0. The van der Waals surface area contributed by atoms with Gasteiger partial charge in [0.15, 0.2) is 4.34 Å². The van der Waals surface area contributed by atoms with E-state index < -0.39 is 0 Å². The molecule has 0 bridgehead atoms. The number of rotatable bonds is 6. The summed E-state index contributed by atoms with van der Waals surface area (Å²) in [4.78, 5) is 12.2. The Bertz CT molecular complexity index is 804. The van der Waals surface area contributed by atoms with Crippen LogP contribution in [-0.2, 0) is 0 Å². The van der Waals surface area contributed by atoms with Gasteiger partial charge in [0.1, 0.15) is 11.5 Å². The number of nitrogens with zero attached hydrogens (tertiary/aromatic N) is 2. The maximum Gasteiger partial charge on any atom is 0.257 e. The highest BCUT2D eigenvalue weighted by atomic mass is 32.2. The van der Waals surface area contributed by atoms with Crippen molar-refractivity contribution in [1.29, 1.82) is 0 Å². The van der Waals surface area contributed by atoms with Gasteiger partial charge < -0.3 is 4.74 Å². The van der Waals surface area contributed by atoms with Crippen LogP contribution in [0.15, 0.2) is 58.9 Å². The number of benzene rings is 2. The van der Waals surface area contributed by atoms with Crippen LogP contribution in [0, 0.1) is 0 Å². The monoisotopic (exact) mass is 357 g/mol. The van der Waals surface area contributed by atoms with Crippen molar-refractivity contribution in [3.05, 3.63) is 60.2 Å². The summed E-state index contributed by atoms with van der Waals surface area (Å²) in [5, 5.41) is 11.2. The fourth-order valence-electron chi connectivity index (χ4n) is 1.91. The second kappa shape index (κ2) is 7.94. The summed E-state index contributed by atoms with van der Waals surface area (Å²) in [6.45, 7) is 2.05. The standard InChI is InChI=1S/C17H15N3O2S2/c1-2-23-17-20-19-16(24-17)18-15(21)12-8-10-14(11-9-12)22-13-6-4-3-5-7-13/h3-11H,2H2,1H3,(H,18,19,21). The normalized spacial score (nSPS) is 10.4. The Morgan fingerprint density at radius 3 is 2.50 bits per heavy atom. The summed E-state index contributed by atoms with van der Waals surface area (Å²) in [5.41, 5.74) is 0.537. The van der Waals surface area contributed by atoms with Gasteiger partial charge in [-0.05, 0) is 42.2 Å². The molecule has 1 N–H and O–H groups in total. The molecule has 0 saturated heterocycles. The zero-order valence-corrected chi connectivity index (χ0v) is 14.6. The largest absolute Gasteiger partial charge is 0.457 e. The van der Waals surface area contributed by atoms with Gasteiger partial charge in [-0.3, -0.25) is 10.1 Å². The van der Waals surface area contributed by atoms with Crippen molar-refractivity contribution in [3.8, 4) is 11.5 Å². The minimum atomic E-state index is -0.217. The van der Waals surface area contributed by atoms with Crippen LogP contribution in [0.2, 0.25) is 0 Å². The average molecular weight is 357 g/mol. The van der Waals surface area contributed by atoms with Gasteiger partial charge in [-0.2, -0.15) is 0 Å². The van der Waals surface area contributed by atoms with E-state index in [1.807, 2.05) is 37.3 Å². The Morgan fingerprint density at radius 2 is 1.79 bits per heavy atom. The molecule has 7 heteroatoms. The lowest BCUT2D eigenvalue weighted by atomic mass is 10.2. The molecule has 1 aromatic heterocycles. The number of carbonyl (C=O) groups is 1. The molecule has 0 atom stereocenters. The topological polar surface area (TPSA) is 64.1 Å². The summed E-state index contributed by atoms with van der Waals surface area (Å²) >= 11 is 2.97. The molecule has 0 radical (unpaired) electrons. The third kappa shape index (κ3) is 4.33. The molecule has 3 aromatic rings. The van der Waals surface area contributed by atoms with Crippen molar-refractivity contribution in [2.24, 2.45) is 0 Å². The number of aromatic nitrogens is 2. The van der Waals surface area contributed by atoms with Crippen LogP contribution in [0.4, 0.5) is 5.13 Å². The zero-order valence-electron chi connectivity index (χ0n) is 12.9. The van der Waals surface area contributed by atoms with Crippen LogP contribution < -0.4 is 10.1 Å². The van der Waals surface area contributed by atoms with E-state index in [0.717, 1.165) is 15.8 Å². The SMILES string of the molecule is CCSc1nnc(NC(=O)c2ccc(Oc3ccccc3)cc2)s1. The summed E-state index contributed by atoms with van der Waals surface area (Å²) in [7, 11) is 0. The highest BCUT2D eigenvalue weighted by Crippen LogP contribution is 2.26. The summed E-state index contributed by atoms with van der Waals surface area (Å²) in [6, 6.07) is 16.5. The van der Waals surface area contributed by atoms with E-state index in [9.17, 15) is 4.79 Å². The van der Waals surface area contributed by atoms with E-state index >= 15 is 0 Å². The van der Waals surface area contributed by atoms with E-state index in [1.165, 1.54) is 11.3 Å². The van der Waals surface area contributed by atoms with Crippen LogP contribution in [0.3, 0.4) is 0 Å². The lowest BCUT2D eigenvalue weighted by molar-refractivity contribution is 0.102. The first-order valence-corrected chi connectivity index (χ1v) is 9.15. The highest BCUT2D eigenvalue weighted by molar-refractivity contribution is 8.01. The van der Waals surface area contributed by atoms with Gasteiger partial charge in [0.2, 0.25) is 5.13 Å². The molecule has 24 heavy (non-hydrogen) atoms. The molecule has 0 fully saturated rings. The zero-order chi connectivity index (χ0) is 16.8. The van der Waals surface area contributed by atoms with Crippen LogP contribution in [0.1, 0.15) is 17.3 Å². The molecule has 1 amide bonds. The lowest BCUT2D eigenvalue weighted by Crippen LogP contribution is -2.11. The third-order valence-electron chi connectivity index (χ3n) is 2.99. The van der Waals surface area contributed by atoms with E-state index in [2.05, 4.69) is 15.5 Å². The summed E-state index contributed by atoms with van der Waals surface area (Å²) in [5.74, 6) is 2.14. The Kier molecular flexibility index (Phi) is 5.45. The van der Waals surface area contributed by atoms with E-state index in [1.54, 1.807) is 36.0 Å². The predicted molar refractivity (Wildman–Crippen MR) is 97.2 cm³/mol. The number of nitrogens with one attached hydrogen (secondary N) is 1. The molecule has 0 aliphatic carbocycles. The van der Waals surface area contributed by atoms with E-state index in [-0.39, 0.29) is 5.91 Å². The number of hydrogen-bond acceptors (Lipinski definition) is 6. The molecule has 5 nitrogen and oxygen atoms in total. The van der Waals surface area contributed by atoms with Crippen LogP contribution in [0.5, 0.6) is 11.5 Å².